The molecular weight excluding hydrogens is 253 g/mol. The molecule has 108 valence electrons. The monoisotopic (exact) mass is 272 g/mol. The highest BCUT2D eigenvalue weighted by molar-refractivity contribution is 5.73. The Kier molecular flexibility index (Phi) is 7.88. The fourth-order valence-electron chi connectivity index (χ4n) is 1.55. The number of halogens is 3. The van der Waals surface area contributed by atoms with Crippen LogP contribution in [0.1, 0.15) is 19.3 Å². The van der Waals surface area contributed by atoms with Crippen LogP contribution in [0.4, 0.5) is 13.2 Å². The molecule has 0 spiro atoms. The lowest BCUT2D eigenvalue weighted by Gasteiger charge is -2.17. The van der Waals surface area contributed by atoms with Crippen molar-refractivity contribution in [2.45, 2.75) is 31.5 Å². The molecule has 1 aliphatic heterocycles. The zero-order chi connectivity index (χ0) is 14.2. The normalized spacial score (nSPS) is 21.7. The van der Waals surface area contributed by atoms with Crippen molar-refractivity contribution in [2.75, 3.05) is 26.2 Å². The van der Waals surface area contributed by atoms with Crippen molar-refractivity contribution in [2.24, 2.45) is 5.73 Å². The van der Waals surface area contributed by atoms with Crippen molar-refractivity contribution in [1.29, 1.82) is 0 Å². The molecule has 0 aliphatic carbocycles. The summed E-state index contributed by atoms with van der Waals surface area (Å²) < 4.78 is 31.7. The molecule has 5 nitrogen and oxygen atoms in total. The van der Waals surface area contributed by atoms with Gasteiger partial charge in [0.25, 0.3) is 0 Å². The number of likely N-dealkylation sites (tertiary alicyclic amines) is 1. The molecule has 0 radical (unpaired) electrons. The van der Waals surface area contributed by atoms with Gasteiger partial charge in [0.15, 0.2) is 0 Å². The van der Waals surface area contributed by atoms with Gasteiger partial charge in [0, 0.05) is 12.6 Å². The second-order valence-electron chi connectivity index (χ2n) is 4.06. The molecule has 0 aromatic rings. The van der Waals surface area contributed by atoms with Crippen LogP contribution in [-0.4, -0.2) is 59.5 Å². The van der Waals surface area contributed by atoms with Crippen LogP contribution in [0.15, 0.2) is 0 Å². The summed E-state index contributed by atoms with van der Waals surface area (Å²) in [4.78, 5) is 11.2. The van der Waals surface area contributed by atoms with E-state index in [0.717, 1.165) is 32.5 Å². The second-order valence-corrected chi connectivity index (χ2v) is 4.06. The number of aliphatic carboxylic acids is 1. The number of hydrogen-bond donors (Lipinski definition) is 3. The number of carboxylic acids is 1. The van der Waals surface area contributed by atoms with Crippen molar-refractivity contribution in [3.05, 3.63) is 0 Å². The van der Waals surface area contributed by atoms with E-state index in [1.54, 1.807) is 0 Å². The number of nitrogens with zero attached hydrogens (tertiary/aromatic N) is 1. The van der Waals surface area contributed by atoms with Gasteiger partial charge in [-0.25, -0.2) is 4.79 Å². The molecule has 0 saturated carbocycles. The van der Waals surface area contributed by atoms with Gasteiger partial charge >= 0.3 is 12.1 Å². The molecule has 0 amide bonds. The number of carboxylic acid groups (broad SMARTS) is 1. The molecule has 1 atom stereocenters. The summed E-state index contributed by atoms with van der Waals surface area (Å²) in [5.41, 5.74) is 5.80. The maximum absolute atomic E-state index is 10.6. The van der Waals surface area contributed by atoms with Crippen LogP contribution >= 0.6 is 0 Å². The molecule has 1 aliphatic rings. The average molecular weight is 272 g/mol. The predicted molar refractivity (Wildman–Crippen MR) is 59.0 cm³/mol. The minimum atomic E-state index is -5.08. The Morgan fingerprint density at radius 1 is 1.33 bits per heavy atom. The van der Waals surface area contributed by atoms with Gasteiger partial charge < -0.3 is 20.8 Å². The third-order valence-electron chi connectivity index (χ3n) is 2.52. The molecule has 1 saturated heterocycles. The van der Waals surface area contributed by atoms with Crippen molar-refractivity contribution in [3.63, 3.8) is 0 Å². The Hall–Kier alpha value is -0.860. The molecule has 4 N–H and O–H groups in total. The number of β-amino-alcohol motifs (C(OH)–C–C–N with tert-alkyl or cyclic N) is 1. The minimum absolute atomic E-state index is 0.273. The van der Waals surface area contributed by atoms with E-state index in [4.69, 9.17) is 20.7 Å². The molecule has 18 heavy (non-hydrogen) atoms. The predicted octanol–water partition coefficient (Wildman–Crippen LogP) is 0.425. The summed E-state index contributed by atoms with van der Waals surface area (Å²) in [6.45, 7) is 3.25. The SMILES string of the molecule is NC1CCCN(CCO)CC1.O=C(O)C(F)(F)F. The quantitative estimate of drug-likeness (QED) is 0.678. The van der Waals surface area contributed by atoms with E-state index in [9.17, 15) is 13.2 Å². The standard InChI is InChI=1S/C8H18N2O.C2HF3O2/c9-8-2-1-4-10(5-3-8)6-7-11;3-2(4,5)1(6)7/h8,11H,1-7,9H2;(H,6,7). The molecular formula is C10H19F3N2O3. The lowest BCUT2D eigenvalue weighted by Crippen LogP contribution is -2.29. The van der Waals surface area contributed by atoms with Gasteiger partial charge in [0.1, 0.15) is 0 Å². The Bertz CT molecular complexity index is 249. The number of aliphatic hydroxyl groups excluding tert-OH is 1. The molecule has 1 fully saturated rings. The molecule has 0 aromatic carbocycles. The van der Waals surface area contributed by atoms with Crippen LogP contribution in [0, 0.1) is 0 Å². The zero-order valence-electron chi connectivity index (χ0n) is 9.99. The van der Waals surface area contributed by atoms with Gasteiger partial charge in [-0.1, -0.05) is 0 Å². The fourth-order valence-corrected chi connectivity index (χ4v) is 1.55. The van der Waals surface area contributed by atoms with E-state index in [1.165, 1.54) is 6.42 Å². The summed E-state index contributed by atoms with van der Waals surface area (Å²) in [5, 5.41) is 15.8. The highest BCUT2D eigenvalue weighted by Gasteiger charge is 2.38. The van der Waals surface area contributed by atoms with Crippen molar-refractivity contribution in [1.82, 2.24) is 4.90 Å². The molecule has 1 rings (SSSR count). The number of alkyl halides is 3. The van der Waals surface area contributed by atoms with Crippen LogP contribution in [-0.2, 0) is 4.79 Å². The Balaban J connectivity index is 0.000000360. The van der Waals surface area contributed by atoms with Crippen LogP contribution in [0.5, 0.6) is 0 Å². The number of hydrogen-bond acceptors (Lipinski definition) is 4. The topological polar surface area (TPSA) is 86.8 Å². The summed E-state index contributed by atoms with van der Waals surface area (Å²) in [7, 11) is 0. The first-order valence-corrected chi connectivity index (χ1v) is 5.66. The average Bonchev–Trinajstić information content (AvgIpc) is 2.44. The summed E-state index contributed by atoms with van der Waals surface area (Å²) >= 11 is 0. The van der Waals surface area contributed by atoms with Crippen LogP contribution in [0.3, 0.4) is 0 Å². The maximum atomic E-state index is 10.6. The van der Waals surface area contributed by atoms with Gasteiger partial charge in [0.2, 0.25) is 0 Å². The molecule has 0 aromatic heterocycles. The number of rotatable bonds is 2. The van der Waals surface area contributed by atoms with Crippen molar-refractivity contribution >= 4 is 5.97 Å². The van der Waals surface area contributed by atoms with Gasteiger partial charge in [-0.2, -0.15) is 13.2 Å². The van der Waals surface area contributed by atoms with E-state index >= 15 is 0 Å². The highest BCUT2D eigenvalue weighted by atomic mass is 19.4. The van der Waals surface area contributed by atoms with E-state index in [0.29, 0.717) is 6.04 Å². The van der Waals surface area contributed by atoms with E-state index in [1.807, 2.05) is 0 Å². The summed E-state index contributed by atoms with van der Waals surface area (Å²) in [6.07, 6.45) is -1.68. The van der Waals surface area contributed by atoms with E-state index < -0.39 is 12.1 Å². The van der Waals surface area contributed by atoms with Crippen molar-refractivity contribution < 1.29 is 28.2 Å². The van der Waals surface area contributed by atoms with Crippen LogP contribution < -0.4 is 5.73 Å². The Labute approximate surface area is 103 Å². The Morgan fingerprint density at radius 2 is 1.89 bits per heavy atom. The Morgan fingerprint density at radius 3 is 2.33 bits per heavy atom. The van der Waals surface area contributed by atoms with Crippen LogP contribution in [0.25, 0.3) is 0 Å². The summed E-state index contributed by atoms with van der Waals surface area (Å²) in [5.74, 6) is -2.76. The van der Waals surface area contributed by atoms with Gasteiger partial charge in [-0.05, 0) is 32.4 Å². The largest absolute Gasteiger partial charge is 0.490 e. The van der Waals surface area contributed by atoms with E-state index in [2.05, 4.69) is 4.90 Å². The lowest BCUT2D eigenvalue weighted by atomic mass is 10.1. The maximum Gasteiger partial charge on any atom is 0.490 e. The minimum Gasteiger partial charge on any atom is -0.475 e. The zero-order valence-corrected chi connectivity index (χ0v) is 9.99. The van der Waals surface area contributed by atoms with Gasteiger partial charge in [-0.15, -0.1) is 0 Å². The smallest absolute Gasteiger partial charge is 0.475 e. The summed E-state index contributed by atoms with van der Waals surface area (Å²) in [6, 6.07) is 0.388. The molecule has 8 heteroatoms. The first kappa shape index (κ1) is 17.1. The number of carbonyl (C=O) groups is 1. The van der Waals surface area contributed by atoms with Gasteiger partial charge in [0.05, 0.1) is 6.61 Å². The number of aliphatic hydroxyl groups is 1. The third kappa shape index (κ3) is 8.26. The second kappa shape index (κ2) is 8.28. The van der Waals surface area contributed by atoms with E-state index in [-0.39, 0.29) is 6.61 Å². The number of nitrogens with two attached hydrogens (primary N) is 1. The molecule has 1 heterocycles. The molecule has 1 unspecified atom stereocenters. The lowest BCUT2D eigenvalue weighted by molar-refractivity contribution is -0.192. The van der Waals surface area contributed by atoms with Crippen molar-refractivity contribution in [3.8, 4) is 0 Å². The molecule has 0 bridgehead atoms. The first-order chi connectivity index (χ1) is 8.27. The van der Waals surface area contributed by atoms with Gasteiger partial charge in [-0.3, -0.25) is 0 Å². The fraction of sp³-hybridized carbons (Fsp3) is 0.900. The first-order valence-electron chi connectivity index (χ1n) is 5.66. The highest BCUT2D eigenvalue weighted by Crippen LogP contribution is 2.13. The van der Waals surface area contributed by atoms with Crippen LogP contribution in [0.2, 0.25) is 0 Å². The third-order valence-corrected chi connectivity index (χ3v) is 2.52.